The molecule has 0 saturated carbocycles. The number of esters is 1. The largest absolute Gasteiger partial charge is 0.497 e. The van der Waals surface area contributed by atoms with Gasteiger partial charge in [0.05, 0.1) is 20.1 Å². The lowest BCUT2D eigenvalue weighted by molar-refractivity contribution is -0.142. The number of ether oxygens (including phenoxy) is 2. The third-order valence-corrected chi connectivity index (χ3v) is 3.44. The van der Waals surface area contributed by atoms with E-state index in [1.807, 2.05) is 0 Å². The van der Waals surface area contributed by atoms with Crippen LogP contribution in [0.4, 0.5) is 5.69 Å². The molecule has 2 aromatic rings. The Morgan fingerprint density at radius 3 is 2.57 bits per heavy atom. The summed E-state index contributed by atoms with van der Waals surface area (Å²) >= 11 is 0. The second-order valence-corrected chi connectivity index (χ2v) is 5.07. The van der Waals surface area contributed by atoms with Crippen molar-refractivity contribution < 1.29 is 19.1 Å². The minimum Gasteiger partial charge on any atom is -0.497 e. The van der Waals surface area contributed by atoms with Crippen LogP contribution in [-0.2, 0) is 22.4 Å². The molecular formula is C18H19NO4. The molecule has 120 valence electrons. The molecule has 0 radical (unpaired) electrons. The van der Waals surface area contributed by atoms with E-state index in [1.165, 1.54) is 0 Å². The second kappa shape index (κ2) is 7.98. The average Bonchev–Trinajstić information content (AvgIpc) is 2.57. The summed E-state index contributed by atoms with van der Waals surface area (Å²) < 4.78 is 10.3. The number of methoxy groups -OCH3 is 1. The molecule has 0 heterocycles. The van der Waals surface area contributed by atoms with Gasteiger partial charge in [0.25, 0.3) is 0 Å². The summed E-state index contributed by atoms with van der Waals surface area (Å²) in [5.41, 5.74) is 8.46. The predicted molar refractivity (Wildman–Crippen MR) is 87.6 cm³/mol. The molecule has 2 rings (SSSR count). The Bertz CT molecular complexity index is 680. The van der Waals surface area contributed by atoms with E-state index in [2.05, 4.69) is 0 Å². The number of benzene rings is 2. The number of nitrogens with two attached hydrogens (primary N) is 1. The van der Waals surface area contributed by atoms with Gasteiger partial charge < -0.3 is 15.2 Å². The van der Waals surface area contributed by atoms with Crippen molar-refractivity contribution >= 4 is 17.9 Å². The van der Waals surface area contributed by atoms with Crippen LogP contribution in [0.5, 0.6) is 5.75 Å². The molecular weight excluding hydrogens is 294 g/mol. The van der Waals surface area contributed by atoms with Crippen molar-refractivity contribution in [2.24, 2.45) is 0 Å². The van der Waals surface area contributed by atoms with Gasteiger partial charge in [0.15, 0.2) is 0 Å². The summed E-state index contributed by atoms with van der Waals surface area (Å²) in [5, 5.41) is 0. The van der Waals surface area contributed by atoms with Crippen LogP contribution in [0.1, 0.15) is 21.5 Å². The molecule has 0 saturated heterocycles. The molecule has 5 nitrogen and oxygen atoms in total. The predicted octanol–water partition coefficient (Wildman–Crippen LogP) is 2.42. The zero-order valence-corrected chi connectivity index (χ0v) is 13.0. The monoisotopic (exact) mass is 313 g/mol. The van der Waals surface area contributed by atoms with Gasteiger partial charge in [0.1, 0.15) is 12.0 Å². The number of nitrogen functional groups attached to an aromatic ring is 1. The van der Waals surface area contributed by atoms with Crippen molar-refractivity contribution in [1.82, 2.24) is 0 Å². The fourth-order valence-electron chi connectivity index (χ4n) is 2.17. The molecule has 2 N–H and O–H groups in total. The lowest BCUT2D eigenvalue weighted by atomic mass is 10.1. The highest BCUT2D eigenvalue weighted by Crippen LogP contribution is 2.17. The maximum Gasteiger partial charge on any atom is 0.310 e. The van der Waals surface area contributed by atoms with Crippen LogP contribution in [-0.4, -0.2) is 26.0 Å². The zero-order valence-electron chi connectivity index (χ0n) is 13.0. The van der Waals surface area contributed by atoms with E-state index in [0.717, 1.165) is 17.4 Å². The van der Waals surface area contributed by atoms with Gasteiger partial charge in [-0.1, -0.05) is 18.2 Å². The fourth-order valence-corrected chi connectivity index (χ4v) is 2.17. The van der Waals surface area contributed by atoms with Crippen molar-refractivity contribution in [3.8, 4) is 5.75 Å². The quantitative estimate of drug-likeness (QED) is 0.482. The van der Waals surface area contributed by atoms with Gasteiger partial charge in [-0.2, -0.15) is 0 Å². The molecule has 0 spiro atoms. The van der Waals surface area contributed by atoms with Crippen molar-refractivity contribution in [3.63, 3.8) is 0 Å². The van der Waals surface area contributed by atoms with Crippen LogP contribution in [0, 0.1) is 0 Å². The zero-order chi connectivity index (χ0) is 16.7. The minimum absolute atomic E-state index is 0.198. The molecule has 0 unspecified atom stereocenters. The van der Waals surface area contributed by atoms with Gasteiger partial charge in [0.2, 0.25) is 0 Å². The van der Waals surface area contributed by atoms with E-state index >= 15 is 0 Å². The molecule has 0 fully saturated rings. The highest BCUT2D eigenvalue weighted by molar-refractivity contribution is 5.78. The van der Waals surface area contributed by atoms with Gasteiger partial charge in [-0.25, -0.2) is 0 Å². The van der Waals surface area contributed by atoms with Crippen LogP contribution in [0.15, 0.2) is 42.5 Å². The SMILES string of the molecule is COc1ccc(CCOC(=O)Cc2ccc(N)cc2)c(C=O)c1. The van der Waals surface area contributed by atoms with Gasteiger partial charge in [0, 0.05) is 17.7 Å². The normalized spacial score (nSPS) is 10.1. The molecule has 0 bridgehead atoms. The Balaban J connectivity index is 1.85. The maximum atomic E-state index is 11.8. The van der Waals surface area contributed by atoms with Gasteiger partial charge in [-0.15, -0.1) is 0 Å². The molecule has 0 aromatic heterocycles. The summed E-state index contributed by atoms with van der Waals surface area (Å²) in [6.07, 6.45) is 1.45. The first-order chi connectivity index (χ1) is 11.1. The molecule has 0 amide bonds. The van der Waals surface area contributed by atoms with Gasteiger partial charge in [-0.05, 0) is 35.4 Å². The Kier molecular flexibility index (Phi) is 5.74. The Labute approximate surface area is 135 Å². The first-order valence-corrected chi connectivity index (χ1v) is 7.24. The summed E-state index contributed by atoms with van der Waals surface area (Å²) in [4.78, 5) is 22.9. The highest BCUT2D eigenvalue weighted by Gasteiger charge is 2.07. The lowest BCUT2D eigenvalue weighted by Gasteiger charge is -2.08. The van der Waals surface area contributed by atoms with Crippen molar-refractivity contribution in [1.29, 1.82) is 0 Å². The summed E-state index contributed by atoms with van der Waals surface area (Å²) in [7, 11) is 1.54. The van der Waals surface area contributed by atoms with E-state index in [-0.39, 0.29) is 19.0 Å². The second-order valence-electron chi connectivity index (χ2n) is 5.07. The van der Waals surface area contributed by atoms with E-state index < -0.39 is 0 Å². The lowest BCUT2D eigenvalue weighted by Crippen LogP contribution is -2.11. The Hall–Kier alpha value is -2.82. The number of hydrogen-bond donors (Lipinski definition) is 1. The molecule has 23 heavy (non-hydrogen) atoms. The fraction of sp³-hybridized carbons (Fsp3) is 0.222. The number of rotatable bonds is 7. The Morgan fingerprint density at radius 2 is 1.91 bits per heavy atom. The number of carbonyl (C=O) groups excluding carboxylic acids is 2. The number of aldehydes is 1. The van der Waals surface area contributed by atoms with Crippen LogP contribution >= 0.6 is 0 Å². The van der Waals surface area contributed by atoms with Crippen LogP contribution in [0.25, 0.3) is 0 Å². The van der Waals surface area contributed by atoms with Crippen molar-refractivity contribution in [2.75, 3.05) is 19.5 Å². The maximum absolute atomic E-state index is 11.8. The average molecular weight is 313 g/mol. The third kappa shape index (κ3) is 4.85. The van der Waals surface area contributed by atoms with Crippen molar-refractivity contribution in [3.05, 3.63) is 59.2 Å². The van der Waals surface area contributed by atoms with E-state index in [0.29, 0.717) is 23.4 Å². The van der Waals surface area contributed by atoms with Crippen LogP contribution in [0.2, 0.25) is 0 Å². The number of hydrogen-bond acceptors (Lipinski definition) is 5. The molecule has 5 heteroatoms. The van der Waals surface area contributed by atoms with E-state index in [4.69, 9.17) is 15.2 Å². The summed E-state index contributed by atoms with van der Waals surface area (Å²) in [6, 6.07) is 12.3. The minimum atomic E-state index is -0.309. The third-order valence-electron chi connectivity index (χ3n) is 3.44. The number of carbonyl (C=O) groups is 2. The van der Waals surface area contributed by atoms with Gasteiger partial charge in [-0.3, -0.25) is 9.59 Å². The van der Waals surface area contributed by atoms with Crippen LogP contribution in [0.3, 0.4) is 0 Å². The summed E-state index contributed by atoms with van der Waals surface area (Å²) in [6.45, 7) is 0.223. The highest BCUT2D eigenvalue weighted by atomic mass is 16.5. The molecule has 0 atom stereocenters. The topological polar surface area (TPSA) is 78.6 Å². The van der Waals surface area contributed by atoms with E-state index in [1.54, 1.807) is 49.6 Å². The van der Waals surface area contributed by atoms with Gasteiger partial charge >= 0.3 is 5.97 Å². The summed E-state index contributed by atoms with van der Waals surface area (Å²) in [5.74, 6) is 0.312. The van der Waals surface area contributed by atoms with E-state index in [9.17, 15) is 9.59 Å². The smallest absolute Gasteiger partial charge is 0.310 e. The molecule has 0 aliphatic heterocycles. The first-order valence-electron chi connectivity index (χ1n) is 7.24. The molecule has 0 aliphatic carbocycles. The van der Waals surface area contributed by atoms with Crippen molar-refractivity contribution in [2.45, 2.75) is 12.8 Å². The number of anilines is 1. The Morgan fingerprint density at radius 1 is 1.17 bits per heavy atom. The standard InChI is InChI=1S/C18H19NO4/c1-22-17-7-4-14(15(11-17)12-20)8-9-23-18(21)10-13-2-5-16(19)6-3-13/h2-7,11-12H,8-10,19H2,1H3. The van der Waals surface area contributed by atoms with Crippen LogP contribution < -0.4 is 10.5 Å². The molecule has 2 aromatic carbocycles. The molecule has 0 aliphatic rings. The first kappa shape index (κ1) is 16.5.